The second-order valence-electron chi connectivity index (χ2n) is 2.11. The van der Waals surface area contributed by atoms with Crippen molar-refractivity contribution in [3.63, 3.8) is 0 Å². The topological polar surface area (TPSA) is 9.23 Å². The Hall–Kier alpha value is -0.450. The fraction of sp³-hybridized carbons (Fsp3) is 0.429. The second-order valence-corrected chi connectivity index (χ2v) is 3.48. The van der Waals surface area contributed by atoms with Gasteiger partial charge in [-0.15, -0.1) is 0 Å². The van der Waals surface area contributed by atoms with Gasteiger partial charge in [-0.1, -0.05) is 29.1 Å². The van der Waals surface area contributed by atoms with E-state index in [1.54, 1.807) is 6.92 Å². The Morgan fingerprint density at radius 3 is 2.08 bits per heavy atom. The van der Waals surface area contributed by atoms with Crippen LogP contribution in [0.1, 0.15) is 6.92 Å². The molecule has 0 aromatic heterocycles. The maximum absolute atomic E-state index is 11.8. The average molecular weight is 245 g/mol. The van der Waals surface area contributed by atoms with Gasteiger partial charge >= 0.3 is 6.18 Å². The standard InChI is InChI=1S/C7H8BrF3O/c1-4(8)5(2)12-6(3)7(9,10)11/h4H,2-3H2,1H3. The van der Waals surface area contributed by atoms with Crippen LogP contribution in [-0.4, -0.2) is 11.0 Å². The summed E-state index contributed by atoms with van der Waals surface area (Å²) in [5, 5.41) is 0. The summed E-state index contributed by atoms with van der Waals surface area (Å²) in [6.45, 7) is 7.60. The van der Waals surface area contributed by atoms with E-state index in [0.717, 1.165) is 0 Å². The Labute approximate surface area is 77.0 Å². The van der Waals surface area contributed by atoms with Gasteiger partial charge in [0.1, 0.15) is 5.76 Å². The van der Waals surface area contributed by atoms with Crippen LogP contribution in [0.5, 0.6) is 0 Å². The molecule has 1 atom stereocenters. The van der Waals surface area contributed by atoms with Gasteiger partial charge in [0.25, 0.3) is 0 Å². The molecule has 0 heterocycles. The van der Waals surface area contributed by atoms with Gasteiger partial charge in [-0.3, -0.25) is 0 Å². The zero-order valence-corrected chi connectivity index (χ0v) is 8.00. The van der Waals surface area contributed by atoms with E-state index < -0.39 is 11.9 Å². The van der Waals surface area contributed by atoms with E-state index in [2.05, 4.69) is 33.8 Å². The molecular weight excluding hydrogens is 237 g/mol. The van der Waals surface area contributed by atoms with E-state index >= 15 is 0 Å². The summed E-state index contributed by atoms with van der Waals surface area (Å²) in [5.41, 5.74) is 0. The average Bonchev–Trinajstić information content (AvgIpc) is 1.85. The van der Waals surface area contributed by atoms with Gasteiger partial charge in [0, 0.05) is 0 Å². The number of alkyl halides is 4. The maximum Gasteiger partial charge on any atom is 0.448 e. The van der Waals surface area contributed by atoms with E-state index in [1.807, 2.05) is 0 Å². The first-order valence-electron chi connectivity index (χ1n) is 3.02. The molecule has 0 aromatic rings. The number of rotatable bonds is 3. The van der Waals surface area contributed by atoms with Gasteiger partial charge in [0.2, 0.25) is 5.76 Å². The molecule has 0 radical (unpaired) electrons. The van der Waals surface area contributed by atoms with Gasteiger partial charge in [-0.25, -0.2) is 0 Å². The molecule has 0 saturated heterocycles. The van der Waals surface area contributed by atoms with Crippen LogP contribution in [-0.2, 0) is 4.74 Å². The quantitative estimate of drug-likeness (QED) is 0.547. The molecule has 0 fully saturated rings. The number of halogens is 4. The minimum atomic E-state index is -4.52. The van der Waals surface area contributed by atoms with E-state index in [1.165, 1.54) is 0 Å². The molecule has 0 spiro atoms. The normalized spacial score (nSPS) is 13.8. The van der Waals surface area contributed by atoms with E-state index in [9.17, 15) is 13.2 Å². The fourth-order valence-corrected chi connectivity index (χ4v) is 0.391. The van der Waals surface area contributed by atoms with Crippen molar-refractivity contribution >= 4 is 15.9 Å². The summed E-state index contributed by atoms with van der Waals surface area (Å²) >= 11 is 3.00. The molecular formula is C7H8BrF3O. The monoisotopic (exact) mass is 244 g/mol. The Morgan fingerprint density at radius 2 is 1.83 bits per heavy atom. The zero-order chi connectivity index (χ0) is 9.94. The van der Waals surface area contributed by atoms with Gasteiger partial charge in [0.05, 0.1) is 4.83 Å². The van der Waals surface area contributed by atoms with Crippen LogP contribution in [0.2, 0.25) is 0 Å². The fourth-order valence-electron chi connectivity index (χ4n) is 0.297. The molecule has 1 nitrogen and oxygen atoms in total. The summed E-state index contributed by atoms with van der Waals surface area (Å²) in [5.74, 6) is -1.27. The van der Waals surface area contributed by atoms with Crippen LogP contribution < -0.4 is 0 Å². The van der Waals surface area contributed by atoms with E-state index in [4.69, 9.17) is 0 Å². The van der Waals surface area contributed by atoms with Crippen molar-refractivity contribution in [2.75, 3.05) is 0 Å². The lowest BCUT2D eigenvalue weighted by molar-refractivity contribution is -0.123. The molecule has 0 aliphatic rings. The Bertz CT molecular complexity index is 195. The minimum absolute atomic E-state index is 0.0164. The number of allylic oxidation sites excluding steroid dienone is 2. The van der Waals surface area contributed by atoms with Crippen LogP contribution in [0, 0.1) is 0 Å². The van der Waals surface area contributed by atoms with E-state index in [-0.39, 0.29) is 10.6 Å². The molecule has 12 heavy (non-hydrogen) atoms. The molecule has 0 N–H and O–H groups in total. The van der Waals surface area contributed by atoms with Crippen LogP contribution in [0.25, 0.3) is 0 Å². The predicted octanol–water partition coefficient (Wildman–Crippen LogP) is 3.38. The third-order valence-electron chi connectivity index (χ3n) is 1.01. The highest BCUT2D eigenvalue weighted by Gasteiger charge is 2.34. The summed E-state index contributed by atoms with van der Waals surface area (Å²) < 4.78 is 39.7. The molecule has 0 amide bonds. The predicted molar refractivity (Wildman–Crippen MR) is 43.8 cm³/mol. The van der Waals surface area contributed by atoms with Gasteiger partial charge in [-0.05, 0) is 6.92 Å². The molecule has 0 aliphatic carbocycles. The highest BCUT2D eigenvalue weighted by Crippen LogP contribution is 2.27. The number of hydrogen-bond donors (Lipinski definition) is 0. The molecule has 0 rings (SSSR count). The summed E-state index contributed by atoms with van der Waals surface area (Å²) in [4.78, 5) is -0.336. The highest BCUT2D eigenvalue weighted by molar-refractivity contribution is 9.09. The first-order valence-corrected chi connectivity index (χ1v) is 3.93. The van der Waals surface area contributed by atoms with Crippen molar-refractivity contribution in [3.05, 3.63) is 24.7 Å². The number of ether oxygens (including phenoxy) is 1. The van der Waals surface area contributed by atoms with Crippen LogP contribution in [0.4, 0.5) is 13.2 Å². The Kier molecular flexibility index (Phi) is 3.83. The van der Waals surface area contributed by atoms with E-state index in [0.29, 0.717) is 0 Å². The van der Waals surface area contributed by atoms with Crippen molar-refractivity contribution in [2.24, 2.45) is 0 Å². The Morgan fingerprint density at radius 1 is 1.42 bits per heavy atom. The smallest absolute Gasteiger partial charge is 0.448 e. The molecule has 5 heteroatoms. The SMILES string of the molecule is C=C(OC(=C)C(F)(F)F)C(C)Br. The lowest BCUT2D eigenvalue weighted by Gasteiger charge is -2.14. The van der Waals surface area contributed by atoms with Crippen LogP contribution in [0.15, 0.2) is 24.7 Å². The van der Waals surface area contributed by atoms with Crippen molar-refractivity contribution in [1.29, 1.82) is 0 Å². The first-order chi connectivity index (χ1) is 5.25. The molecule has 0 aromatic carbocycles. The summed E-state index contributed by atoms with van der Waals surface area (Å²) in [7, 11) is 0. The molecule has 0 saturated carbocycles. The third kappa shape index (κ3) is 3.80. The minimum Gasteiger partial charge on any atom is -0.457 e. The lowest BCUT2D eigenvalue weighted by Crippen LogP contribution is -2.15. The van der Waals surface area contributed by atoms with Crippen molar-refractivity contribution in [3.8, 4) is 0 Å². The van der Waals surface area contributed by atoms with Crippen molar-refractivity contribution in [2.45, 2.75) is 17.9 Å². The van der Waals surface area contributed by atoms with Gasteiger partial charge in [0.15, 0.2) is 0 Å². The third-order valence-corrected chi connectivity index (χ3v) is 1.52. The number of hydrogen-bond acceptors (Lipinski definition) is 1. The van der Waals surface area contributed by atoms with Crippen molar-refractivity contribution < 1.29 is 17.9 Å². The van der Waals surface area contributed by atoms with Gasteiger partial charge < -0.3 is 4.74 Å². The Balaban J connectivity index is 4.12. The molecule has 1 unspecified atom stereocenters. The first kappa shape index (κ1) is 11.6. The van der Waals surface area contributed by atoms with Gasteiger partial charge in [-0.2, -0.15) is 13.2 Å². The zero-order valence-electron chi connectivity index (χ0n) is 6.41. The summed E-state index contributed by atoms with van der Waals surface area (Å²) in [6, 6.07) is 0. The molecule has 70 valence electrons. The van der Waals surface area contributed by atoms with Crippen LogP contribution >= 0.6 is 15.9 Å². The maximum atomic E-state index is 11.8. The second kappa shape index (κ2) is 3.98. The highest BCUT2D eigenvalue weighted by atomic mass is 79.9. The van der Waals surface area contributed by atoms with Crippen LogP contribution in [0.3, 0.4) is 0 Å². The van der Waals surface area contributed by atoms with Crippen molar-refractivity contribution in [1.82, 2.24) is 0 Å². The molecule has 0 bridgehead atoms. The summed E-state index contributed by atoms with van der Waals surface area (Å²) in [6.07, 6.45) is -4.52. The molecule has 0 aliphatic heterocycles. The largest absolute Gasteiger partial charge is 0.457 e. The lowest BCUT2D eigenvalue weighted by atomic mass is 10.4.